The van der Waals surface area contributed by atoms with Crippen molar-refractivity contribution in [2.75, 3.05) is 5.32 Å². The second-order valence-corrected chi connectivity index (χ2v) is 6.31. The summed E-state index contributed by atoms with van der Waals surface area (Å²) in [5, 5.41) is 6.68. The lowest BCUT2D eigenvalue weighted by atomic mass is 10.1. The van der Waals surface area contributed by atoms with Gasteiger partial charge < -0.3 is 10.6 Å². The Kier molecular flexibility index (Phi) is 5.81. The number of amides is 1. The predicted octanol–water partition coefficient (Wildman–Crippen LogP) is 3.98. The molecule has 2 N–H and O–H groups in total. The lowest BCUT2D eigenvalue weighted by Crippen LogP contribution is -2.24. The molecule has 1 amide bonds. The summed E-state index contributed by atoms with van der Waals surface area (Å²) in [4.78, 5) is 20.6. The van der Waals surface area contributed by atoms with E-state index in [0.29, 0.717) is 23.9 Å². The maximum absolute atomic E-state index is 12.2. The van der Waals surface area contributed by atoms with Gasteiger partial charge in [-0.15, -0.1) is 0 Å². The summed E-state index contributed by atoms with van der Waals surface area (Å²) < 4.78 is 0. The van der Waals surface area contributed by atoms with Gasteiger partial charge >= 0.3 is 0 Å². The van der Waals surface area contributed by atoms with Crippen LogP contribution in [-0.4, -0.2) is 15.9 Å². The minimum atomic E-state index is -0.254. The van der Waals surface area contributed by atoms with E-state index in [4.69, 9.17) is 11.6 Å². The summed E-state index contributed by atoms with van der Waals surface area (Å²) in [5.41, 5.74) is 3.47. The number of rotatable bonds is 6. The summed E-state index contributed by atoms with van der Waals surface area (Å²) >= 11 is 6.12. The molecule has 0 spiro atoms. The zero-order valence-corrected chi connectivity index (χ0v) is 15.1. The van der Waals surface area contributed by atoms with Crippen molar-refractivity contribution in [1.29, 1.82) is 0 Å². The smallest absolute Gasteiger partial charge is 0.271 e. The molecule has 0 bridgehead atoms. The zero-order valence-electron chi connectivity index (χ0n) is 14.4. The Balaban J connectivity index is 1.54. The van der Waals surface area contributed by atoms with Gasteiger partial charge in [0.25, 0.3) is 5.91 Å². The van der Waals surface area contributed by atoms with Crippen LogP contribution in [0.1, 0.15) is 27.2 Å². The second-order valence-electron chi connectivity index (χ2n) is 5.90. The van der Waals surface area contributed by atoms with Crippen LogP contribution in [0.4, 0.5) is 5.82 Å². The largest absolute Gasteiger partial charge is 0.365 e. The first-order chi connectivity index (χ1) is 12.6. The molecule has 0 atom stereocenters. The van der Waals surface area contributed by atoms with Crippen molar-refractivity contribution in [2.45, 2.75) is 20.0 Å². The lowest BCUT2D eigenvalue weighted by molar-refractivity contribution is 0.0945. The van der Waals surface area contributed by atoms with E-state index in [-0.39, 0.29) is 11.6 Å². The number of nitrogens with one attached hydrogen (secondary N) is 2. The normalized spacial score (nSPS) is 10.4. The minimum Gasteiger partial charge on any atom is -0.365 e. The Bertz CT molecular complexity index is 879. The molecule has 0 saturated heterocycles. The van der Waals surface area contributed by atoms with Crippen molar-refractivity contribution >= 4 is 23.3 Å². The molecule has 26 heavy (non-hydrogen) atoms. The number of halogens is 1. The molecule has 5 nitrogen and oxygen atoms in total. The van der Waals surface area contributed by atoms with Gasteiger partial charge in [-0.1, -0.05) is 59.6 Å². The van der Waals surface area contributed by atoms with Crippen molar-refractivity contribution in [3.63, 3.8) is 0 Å². The average Bonchev–Trinajstić information content (AvgIpc) is 2.67. The van der Waals surface area contributed by atoms with Gasteiger partial charge in [0.05, 0.1) is 12.4 Å². The molecule has 0 radical (unpaired) electrons. The number of hydrogen-bond donors (Lipinski definition) is 2. The first-order valence-corrected chi connectivity index (χ1v) is 8.62. The van der Waals surface area contributed by atoms with Crippen LogP contribution in [0.5, 0.6) is 0 Å². The quantitative estimate of drug-likeness (QED) is 0.692. The molecular formula is C20H19ClN4O. The van der Waals surface area contributed by atoms with Crippen LogP contribution in [0.15, 0.2) is 60.9 Å². The fourth-order valence-corrected chi connectivity index (χ4v) is 2.55. The third kappa shape index (κ3) is 4.80. The van der Waals surface area contributed by atoms with E-state index in [0.717, 1.165) is 11.1 Å². The fraction of sp³-hybridized carbons (Fsp3) is 0.150. The van der Waals surface area contributed by atoms with Gasteiger partial charge in [0.2, 0.25) is 0 Å². The Morgan fingerprint density at radius 2 is 1.77 bits per heavy atom. The number of benzene rings is 2. The third-order valence-electron chi connectivity index (χ3n) is 3.88. The van der Waals surface area contributed by atoms with E-state index in [1.165, 1.54) is 18.0 Å². The number of carbonyl (C=O) groups is 1. The van der Waals surface area contributed by atoms with Gasteiger partial charge in [0, 0.05) is 18.1 Å². The van der Waals surface area contributed by atoms with Crippen LogP contribution in [-0.2, 0) is 13.1 Å². The highest BCUT2D eigenvalue weighted by atomic mass is 35.5. The molecular weight excluding hydrogens is 348 g/mol. The molecule has 3 aromatic rings. The molecule has 3 rings (SSSR count). The van der Waals surface area contributed by atoms with E-state index in [1.807, 2.05) is 55.5 Å². The van der Waals surface area contributed by atoms with E-state index in [9.17, 15) is 4.79 Å². The summed E-state index contributed by atoms with van der Waals surface area (Å²) in [6, 6.07) is 15.6. The van der Waals surface area contributed by atoms with Crippen LogP contribution in [0.3, 0.4) is 0 Å². The van der Waals surface area contributed by atoms with Crippen molar-refractivity contribution in [3.05, 3.63) is 88.3 Å². The van der Waals surface area contributed by atoms with Crippen molar-refractivity contribution < 1.29 is 4.79 Å². The molecule has 0 saturated carbocycles. The summed E-state index contributed by atoms with van der Waals surface area (Å²) in [6.07, 6.45) is 3.00. The van der Waals surface area contributed by atoms with Gasteiger partial charge in [0.15, 0.2) is 0 Å². The molecule has 0 aliphatic carbocycles. The van der Waals surface area contributed by atoms with Gasteiger partial charge in [-0.3, -0.25) is 4.79 Å². The predicted molar refractivity (Wildman–Crippen MR) is 103 cm³/mol. The number of anilines is 1. The summed E-state index contributed by atoms with van der Waals surface area (Å²) in [5.74, 6) is 0.329. The molecule has 0 unspecified atom stereocenters. The van der Waals surface area contributed by atoms with Crippen LogP contribution in [0, 0.1) is 6.92 Å². The molecule has 1 aromatic heterocycles. The highest BCUT2D eigenvalue weighted by Crippen LogP contribution is 2.16. The SMILES string of the molecule is Cc1ccc(CNC(=O)c2cnc(NCc3ccccc3Cl)cn2)cc1. The number of aryl methyl sites for hydroxylation is 1. The van der Waals surface area contributed by atoms with Crippen LogP contribution in [0.25, 0.3) is 0 Å². The molecule has 6 heteroatoms. The maximum atomic E-state index is 12.2. The Labute approximate surface area is 157 Å². The first kappa shape index (κ1) is 17.9. The first-order valence-electron chi connectivity index (χ1n) is 8.25. The van der Waals surface area contributed by atoms with Crippen molar-refractivity contribution in [1.82, 2.24) is 15.3 Å². The molecule has 0 fully saturated rings. The molecule has 2 aromatic carbocycles. The Morgan fingerprint density at radius 3 is 2.46 bits per heavy atom. The molecule has 132 valence electrons. The van der Waals surface area contributed by atoms with E-state index in [2.05, 4.69) is 20.6 Å². The number of nitrogens with zero attached hydrogens (tertiary/aromatic N) is 2. The highest BCUT2D eigenvalue weighted by Gasteiger charge is 2.08. The van der Waals surface area contributed by atoms with E-state index >= 15 is 0 Å². The fourth-order valence-electron chi connectivity index (χ4n) is 2.34. The number of hydrogen-bond acceptors (Lipinski definition) is 4. The number of aromatic nitrogens is 2. The highest BCUT2D eigenvalue weighted by molar-refractivity contribution is 6.31. The van der Waals surface area contributed by atoms with E-state index in [1.54, 1.807) is 0 Å². The standard InChI is InChI=1S/C20H19ClN4O/c1-14-6-8-15(9-7-14)10-25-20(26)18-12-24-19(13-22-18)23-11-16-4-2-3-5-17(16)21/h2-9,12-13H,10-11H2,1H3,(H,23,24)(H,25,26). The van der Waals surface area contributed by atoms with Crippen LogP contribution in [0.2, 0.25) is 5.02 Å². The van der Waals surface area contributed by atoms with Crippen molar-refractivity contribution in [3.8, 4) is 0 Å². The van der Waals surface area contributed by atoms with Gasteiger partial charge in [0.1, 0.15) is 11.5 Å². The van der Waals surface area contributed by atoms with Crippen LogP contribution < -0.4 is 10.6 Å². The van der Waals surface area contributed by atoms with Gasteiger partial charge in [-0.05, 0) is 24.1 Å². The zero-order chi connectivity index (χ0) is 18.4. The van der Waals surface area contributed by atoms with Crippen molar-refractivity contribution in [2.24, 2.45) is 0 Å². The minimum absolute atomic E-state index is 0.254. The Hall–Kier alpha value is -2.92. The molecule has 0 aliphatic rings. The second kappa shape index (κ2) is 8.45. The summed E-state index contributed by atoms with van der Waals surface area (Å²) in [6.45, 7) is 3.01. The average molecular weight is 367 g/mol. The van der Waals surface area contributed by atoms with Gasteiger partial charge in [-0.2, -0.15) is 0 Å². The molecule has 1 heterocycles. The Morgan fingerprint density at radius 1 is 1.00 bits per heavy atom. The monoisotopic (exact) mass is 366 g/mol. The van der Waals surface area contributed by atoms with Gasteiger partial charge in [-0.25, -0.2) is 9.97 Å². The summed E-state index contributed by atoms with van der Waals surface area (Å²) in [7, 11) is 0. The third-order valence-corrected chi connectivity index (χ3v) is 4.24. The van der Waals surface area contributed by atoms with Crippen LogP contribution >= 0.6 is 11.6 Å². The maximum Gasteiger partial charge on any atom is 0.271 e. The lowest BCUT2D eigenvalue weighted by Gasteiger charge is -2.08. The van der Waals surface area contributed by atoms with E-state index < -0.39 is 0 Å². The topological polar surface area (TPSA) is 66.9 Å². The molecule has 0 aliphatic heterocycles. The number of carbonyl (C=O) groups excluding carboxylic acids is 1.